The lowest BCUT2D eigenvalue weighted by atomic mass is 9.69. The predicted octanol–water partition coefficient (Wildman–Crippen LogP) is 4.09. The third-order valence-corrected chi connectivity index (χ3v) is 5.87. The summed E-state index contributed by atoms with van der Waals surface area (Å²) in [5, 5.41) is 3.91. The van der Waals surface area contributed by atoms with E-state index in [2.05, 4.69) is 19.2 Å². The number of hydrogen-bond acceptors (Lipinski definition) is 2. The van der Waals surface area contributed by atoms with Crippen molar-refractivity contribution in [1.82, 2.24) is 5.32 Å². The second-order valence-corrected chi connectivity index (χ2v) is 7.89. The van der Waals surface area contributed by atoms with E-state index in [-0.39, 0.29) is 5.91 Å². The van der Waals surface area contributed by atoms with Gasteiger partial charge in [0.2, 0.25) is 5.91 Å². The normalized spacial score (nSPS) is 32.5. The summed E-state index contributed by atoms with van der Waals surface area (Å²) in [6.45, 7) is 7.15. The summed E-state index contributed by atoms with van der Waals surface area (Å²) >= 11 is 0. The first-order valence-electron chi connectivity index (χ1n) is 9.33. The van der Waals surface area contributed by atoms with Crippen molar-refractivity contribution in [2.24, 2.45) is 17.6 Å². The van der Waals surface area contributed by atoms with Crippen LogP contribution in [0.1, 0.15) is 72.1 Å². The molecule has 23 heavy (non-hydrogen) atoms. The standard InChI is InChI=1S/C20H34N2O/c1-4-17-11-18-7-5-6-10-20(12-17,13-18)22-14-15(2)8-9-16(3)19(21)23/h8-9,17-18,22H,4-7,10-14H2,1-3H3,(H2,21,23). The highest BCUT2D eigenvalue weighted by molar-refractivity contribution is 5.91. The van der Waals surface area contributed by atoms with Gasteiger partial charge in [0.1, 0.15) is 0 Å². The van der Waals surface area contributed by atoms with E-state index in [1.54, 1.807) is 6.92 Å². The van der Waals surface area contributed by atoms with Crippen LogP contribution in [0.2, 0.25) is 0 Å². The number of nitrogens with two attached hydrogens (primary N) is 1. The minimum absolute atomic E-state index is 0.342. The SMILES string of the molecule is CCC1CC2CCCCC(NCC(C)=CC=C(C)C(N)=O)(C1)C2. The maximum absolute atomic E-state index is 11.1. The van der Waals surface area contributed by atoms with E-state index in [4.69, 9.17) is 5.73 Å². The van der Waals surface area contributed by atoms with Gasteiger partial charge >= 0.3 is 0 Å². The Morgan fingerprint density at radius 3 is 2.74 bits per heavy atom. The minimum Gasteiger partial charge on any atom is -0.366 e. The lowest BCUT2D eigenvalue weighted by Crippen LogP contribution is -2.50. The number of nitrogens with one attached hydrogen (secondary N) is 1. The Hall–Kier alpha value is -1.09. The van der Waals surface area contributed by atoms with Crippen LogP contribution < -0.4 is 11.1 Å². The summed E-state index contributed by atoms with van der Waals surface area (Å²) < 4.78 is 0. The largest absolute Gasteiger partial charge is 0.366 e. The average Bonchev–Trinajstić information content (AvgIpc) is 2.68. The molecule has 0 saturated heterocycles. The summed E-state index contributed by atoms with van der Waals surface area (Å²) in [5.74, 6) is 1.47. The molecule has 0 aromatic heterocycles. The molecule has 0 radical (unpaired) electrons. The molecule has 130 valence electrons. The van der Waals surface area contributed by atoms with Gasteiger partial charge < -0.3 is 11.1 Å². The summed E-state index contributed by atoms with van der Waals surface area (Å²) in [5.41, 5.74) is 7.49. The van der Waals surface area contributed by atoms with Gasteiger partial charge in [-0.3, -0.25) is 4.79 Å². The number of amides is 1. The smallest absolute Gasteiger partial charge is 0.244 e. The summed E-state index contributed by atoms with van der Waals surface area (Å²) in [7, 11) is 0. The Morgan fingerprint density at radius 1 is 1.26 bits per heavy atom. The lowest BCUT2D eigenvalue weighted by Gasteiger charge is -2.44. The fourth-order valence-corrected chi connectivity index (χ4v) is 4.43. The number of fused-ring (bicyclic) bond motifs is 2. The van der Waals surface area contributed by atoms with Crippen molar-refractivity contribution in [2.45, 2.75) is 77.7 Å². The second-order valence-electron chi connectivity index (χ2n) is 7.89. The van der Waals surface area contributed by atoms with Gasteiger partial charge in [0.05, 0.1) is 0 Å². The van der Waals surface area contributed by atoms with Crippen molar-refractivity contribution in [2.75, 3.05) is 6.54 Å². The van der Waals surface area contributed by atoms with Crippen LogP contribution in [0.25, 0.3) is 0 Å². The zero-order chi connectivity index (χ0) is 16.9. The predicted molar refractivity (Wildman–Crippen MR) is 97.0 cm³/mol. The summed E-state index contributed by atoms with van der Waals surface area (Å²) in [6.07, 6.45) is 14.8. The van der Waals surface area contributed by atoms with Crippen molar-refractivity contribution in [3.8, 4) is 0 Å². The van der Waals surface area contributed by atoms with Gasteiger partial charge in [0.15, 0.2) is 0 Å². The Morgan fingerprint density at radius 2 is 2.04 bits per heavy atom. The third-order valence-electron chi connectivity index (χ3n) is 5.87. The molecular formula is C20H34N2O. The number of allylic oxidation sites excluding steroid dienone is 2. The van der Waals surface area contributed by atoms with Crippen LogP contribution in [0.15, 0.2) is 23.3 Å². The molecule has 0 aliphatic heterocycles. The molecule has 0 heterocycles. The Labute approximate surface area is 141 Å². The first kappa shape index (κ1) is 18.3. The quantitative estimate of drug-likeness (QED) is 0.572. The number of rotatable bonds is 6. The number of primary amides is 1. The molecule has 2 rings (SSSR count). The lowest BCUT2D eigenvalue weighted by molar-refractivity contribution is -0.114. The van der Waals surface area contributed by atoms with Crippen LogP contribution in [0.4, 0.5) is 0 Å². The molecule has 3 nitrogen and oxygen atoms in total. The fourth-order valence-electron chi connectivity index (χ4n) is 4.43. The number of hydrogen-bond donors (Lipinski definition) is 2. The van der Waals surface area contributed by atoms with Gasteiger partial charge in [0.25, 0.3) is 0 Å². The molecule has 3 atom stereocenters. The molecule has 2 aliphatic rings. The van der Waals surface area contributed by atoms with Gasteiger partial charge in [0, 0.05) is 17.7 Å². The maximum Gasteiger partial charge on any atom is 0.244 e. The van der Waals surface area contributed by atoms with E-state index < -0.39 is 0 Å². The van der Waals surface area contributed by atoms with Crippen molar-refractivity contribution < 1.29 is 4.79 Å². The highest BCUT2D eigenvalue weighted by Gasteiger charge is 2.40. The highest BCUT2D eigenvalue weighted by Crippen LogP contribution is 2.44. The third kappa shape index (κ3) is 5.20. The van der Waals surface area contributed by atoms with Crippen molar-refractivity contribution in [1.29, 1.82) is 0 Å². The van der Waals surface area contributed by atoms with Crippen molar-refractivity contribution in [3.63, 3.8) is 0 Å². The minimum atomic E-state index is -0.342. The fraction of sp³-hybridized carbons (Fsp3) is 0.750. The average molecular weight is 319 g/mol. The van der Waals surface area contributed by atoms with E-state index in [0.717, 1.165) is 18.4 Å². The van der Waals surface area contributed by atoms with Crippen LogP contribution in [0.5, 0.6) is 0 Å². The van der Waals surface area contributed by atoms with E-state index in [0.29, 0.717) is 11.1 Å². The molecule has 2 saturated carbocycles. The van der Waals surface area contributed by atoms with Gasteiger partial charge in [-0.1, -0.05) is 50.3 Å². The first-order chi connectivity index (χ1) is 10.9. The molecule has 3 unspecified atom stereocenters. The Balaban J connectivity index is 2.00. The molecule has 2 aliphatic carbocycles. The summed E-state index contributed by atoms with van der Waals surface area (Å²) in [6, 6.07) is 0. The van der Waals surface area contributed by atoms with Gasteiger partial charge in [-0.2, -0.15) is 0 Å². The van der Waals surface area contributed by atoms with Crippen molar-refractivity contribution in [3.05, 3.63) is 23.3 Å². The van der Waals surface area contributed by atoms with E-state index in [9.17, 15) is 4.79 Å². The van der Waals surface area contributed by atoms with Crippen molar-refractivity contribution >= 4 is 5.91 Å². The molecule has 3 N–H and O–H groups in total. The first-order valence-corrected chi connectivity index (χ1v) is 9.33. The second kappa shape index (κ2) is 8.14. The Kier molecular flexibility index (Phi) is 6.46. The zero-order valence-electron chi connectivity index (χ0n) is 15.2. The van der Waals surface area contributed by atoms with Crippen LogP contribution in [0.3, 0.4) is 0 Å². The van der Waals surface area contributed by atoms with Crippen LogP contribution in [0, 0.1) is 11.8 Å². The Bertz CT molecular complexity index is 480. The van der Waals surface area contributed by atoms with Gasteiger partial charge in [-0.05, 0) is 51.4 Å². The molecule has 0 spiro atoms. The molecule has 2 fully saturated rings. The van der Waals surface area contributed by atoms with E-state index in [1.807, 2.05) is 12.2 Å². The monoisotopic (exact) mass is 318 g/mol. The topological polar surface area (TPSA) is 55.1 Å². The van der Waals surface area contributed by atoms with Crippen LogP contribution in [-0.2, 0) is 4.79 Å². The van der Waals surface area contributed by atoms with Crippen LogP contribution >= 0.6 is 0 Å². The molecule has 0 aromatic rings. The highest BCUT2D eigenvalue weighted by atomic mass is 16.1. The molecule has 1 amide bonds. The molecule has 3 heteroatoms. The number of carbonyl (C=O) groups is 1. The van der Waals surface area contributed by atoms with Gasteiger partial charge in [-0.25, -0.2) is 0 Å². The van der Waals surface area contributed by atoms with E-state index in [1.165, 1.54) is 56.9 Å². The maximum atomic E-state index is 11.1. The number of carbonyl (C=O) groups excluding carboxylic acids is 1. The zero-order valence-corrected chi connectivity index (χ0v) is 15.2. The summed E-state index contributed by atoms with van der Waals surface area (Å²) in [4.78, 5) is 11.1. The molecular weight excluding hydrogens is 284 g/mol. The van der Waals surface area contributed by atoms with Crippen LogP contribution in [-0.4, -0.2) is 18.0 Å². The van der Waals surface area contributed by atoms with E-state index >= 15 is 0 Å². The van der Waals surface area contributed by atoms with Gasteiger partial charge in [-0.15, -0.1) is 0 Å². The molecule has 0 aromatic carbocycles. The molecule has 2 bridgehead atoms.